The molecule has 1 aliphatic carbocycles. The third kappa shape index (κ3) is 3.65. The second kappa shape index (κ2) is 7.72. The highest BCUT2D eigenvalue weighted by molar-refractivity contribution is 6.35. The smallest absolute Gasteiger partial charge is 0.224 e. The van der Waals surface area contributed by atoms with Crippen LogP contribution in [0.25, 0.3) is 16.9 Å². The van der Waals surface area contributed by atoms with E-state index in [9.17, 15) is 4.39 Å². The van der Waals surface area contributed by atoms with Crippen molar-refractivity contribution in [2.45, 2.75) is 31.7 Å². The third-order valence-corrected chi connectivity index (χ3v) is 6.00. The predicted molar refractivity (Wildman–Crippen MR) is 121 cm³/mol. The molecule has 9 nitrogen and oxygen atoms in total. The third-order valence-electron chi connectivity index (χ3n) is 5.26. The molecule has 1 atom stereocenters. The average Bonchev–Trinajstić information content (AvgIpc) is 3.55. The van der Waals surface area contributed by atoms with Crippen molar-refractivity contribution < 1.29 is 4.39 Å². The highest BCUT2D eigenvalue weighted by Crippen LogP contribution is 2.44. The lowest BCUT2D eigenvalue weighted by molar-refractivity contribution is 0.622. The van der Waals surface area contributed by atoms with Crippen LogP contribution in [0.4, 0.5) is 22.0 Å². The number of aromatic nitrogens is 6. The molecule has 164 valence electrons. The number of nitrogen functional groups attached to an aromatic ring is 2. The molecule has 0 amide bonds. The van der Waals surface area contributed by atoms with Gasteiger partial charge in [0, 0.05) is 29.4 Å². The molecule has 1 fully saturated rings. The van der Waals surface area contributed by atoms with E-state index in [0.717, 1.165) is 24.7 Å². The van der Waals surface area contributed by atoms with Gasteiger partial charge in [0.15, 0.2) is 11.5 Å². The standard InChI is InChI=1S/C20H18Cl2FN9/c1-8(27-18-14(22)17(24)29-20(25)30-18)12-7-32-19(13(21)16(31-32)9-2-3-9)28-15(12)10-4-11(23)6-26-5-10/h4-9H,2-3H2,1H3,(H5,24,25,27,29,30)/t8-/m0/s1. The molecule has 0 aromatic carbocycles. The van der Waals surface area contributed by atoms with Gasteiger partial charge in [0.1, 0.15) is 21.7 Å². The monoisotopic (exact) mass is 473 g/mol. The van der Waals surface area contributed by atoms with Crippen molar-refractivity contribution in [3.05, 3.63) is 51.8 Å². The van der Waals surface area contributed by atoms with E-state index in [4.69, 9.17) is 39.7 Å². The van der Waals surface area contributed by atoms with Crippen molar-refractivity contribution in [1.29, 1.82) is 0 Å². The molecule has 0 radical (unpaired) electrons. The zero-order valence-electron chi connectivity index (χ0n) is 16.9. The summed E-state index contributed by atoms with van der Waals surface area (Å²) in [5.41, 5.74) is 14.5. The maximum atomic E-state index is 14.0. The van der Waals surface area contributed by atoms with Crippen LogP contribution in [-0.2, 0) is 0 Å². The highest BCUT2D eigenvalue weighted by Gasteiger charge is 2.31. The molecule has 4 heterocycles. The number of hydrogen-bond donors (Lipinski definition) is 3. The van der Waals surface area contributed by atoms with Crippen LogP contribution in [0.1, 0.15) is 43.0 Å². The maximum Gasteiger partial charge on any atom is 0.224 e. The van der Waals surface area contributed by atoms with E-state index in [2.05, 4.69) is 25.4 Å². The van der Waals surface area contributed by atoms with Crippen molar-refractivity contribution in [3.8, 4) is 11.3 Å². The number of nitrogens with two attached hydrogens (primary N) is 2. The highest BCUT2D eigenvalue weighted by atomic mass is 35.5. The van der Waals surface area contributed by atoms with E-state index in [0.29, 0.717) is 33.4 Å². The average molecular weight is 474 g/mol. The van der Waals surface area contributed by atoms with Crippen LogP contribution >= 0.6 is 23.2 Å². The van der Waals surface area contributed by atoms with Crippen molar-refractivity contribution in [2.24, 2.45) is 0 Å². The molecule has 0 spiro atoms. The van der Waals surface area contributed by atoms with Gasteiger partial charge in [-0.05, 0) is 25.8 Å². The van der Waals surface area contributed by atoms with E-state index in [-0.39, 0.29) is 22.6 Å². The molecule has 4 aromatic heterocycles. The van der Waals surface area contributed by atoms with E-state index in [1.165, 1.54) is 12.3 Å². The van der Waals surface area contributed by atoms with Gasteiger partial charge in [-0.2, -0.15) is 15.1 Å². The quantitative estimate of drug-likeness (QED) is 0.391. The molecule has 1 saturated carbocycles. The lowest BCUT2D eigenvalue weighted by Crippen LogP contribution is -2.14. The molecule has 4 aromatic rings. The molecule has 12 heteroatoms. The van der Waals surface area contributed by atoms with Crippen LogP contribution in [0, 0.1) is 5.82 Å². The van der Waals surface area contributed by atoms with Crippen molar-refractivity contribution in [1.82, 2.24) is 29.5 Å². The molecule has 32 heavy (non-hydrogen) atoms. The van der Waals surface area contributed by atoms with Gasteiger partial charge in [0.25, 0.3) is 0 Å². The Morgan fingerprint density at radius 3 is 2.66 bits per heavy atom. The Morgan fingerprint density at radius 2 is 1.94 bits per heavy atom. The Balaban J connectivity index is 1.65. The summed E-state index contributed by atoms with van der Waals surface area (Å²) in [6, 6.07) is 0.964. The van der Waals surface area contributed by atoms with E-state index >= 15 is 0 Å². The summed E-state index contributed by atoms with van der Waals surface area (Å²) >= 11 is 12.8. The van der Waals surface area contributed by atoms with Crippen molar-refractivity contribution >= 4 is 46.4 Å². The number of halogens is 3. The van der Waals surface area contributed by atoms with Crippen LogP contribution in [0.5, 0.6) is 0 Å². The van der Waals surface area contributed by atoms with Crippen molar-refractivity contribution in [2.75, 3.05) is 16.8 Å². The Labute approximate surface area is 192 Å². The molecule has 1 aliphatic rings. The summed E-state index contributed by atoms with van der Waals surface area (Å²) in [7, 11) is 0. The minimum Gasteiger partial charge on any atom is -0.382 e. The van der Waals surface area contributed by atoms with Crippen LogP contribution in [0.3, 0.4) is 0 Å². The Kier molecular flexibility index (Phi) is 4.98. The van der Waals surface area contributed by atoms with Crippen LogP contribution in [0.15, 0.2) is 24.7 Å². The molecule has 0 bridgehead atoms. The zero-order valence-corrected chi connectivity index (χ0v) is 18.4. The molecular weight excluding hydrogens is 456 g/mol. The van der Waals surface area contributed by atoms with E-state index in [1.807, 2.05) is 6.92 Å². The second-order valence-corrected chi connectivity index (χ2v) is 8.43. The van der Waals surface area contributed by atoms with Gasteiger partial charge in [-0.15, -0.1) is 0 Å². The zero-order chi connectivity index (χ0) is 22.6. The number of nitrogens with one attached hydrogen (secondary N) is 1. The lowest BCUT2D eigenvalue weighted by atomic mass is 10.0. The molecular formula is C20H18Cl2FN9. The Morgan fingerprint density at radius 1 is 1.16 bits per heavy atom. The number of pyridine rings is 1. The summed E-state index contributed by atoms with van der Waals surface area (Å²) in [5, 5.41) is 8.47. The maximum absolute atomic E-state index is 14.0. The van der Waals surface area contributed by atoms with Crippen LogP contribution in [0.2, 0.25) is 10.0 Å². The molecule has 0 aliphatic heterocycles. The number of rotatable bonds is 5. The molecule has 5 rings (SSSR count). The number of nitrogens with zero attached hydrogens (tertiary/aromatic N) is 6. The summed E-state index contributed by atoms with van der Waals surface area (Å²) in [6.07, 6.45) is 6.57. The SMILES string of the molecule is C[C@H](Nc1nc(N)nc(N)c1Cl)c1cn2nc(C3CC3)c(Cl)c2nc1-c1cncc(F)c1. The van der Waals surface area contributed by atoms with E-state index in [1.54, 1.807) is 10.7 Å². The van der Waals surface area contributed by atoms with Gasteiger partial charge in [-0.3, -0.25) is 4.98 Å². The Bertz CT molecular complexity index is 1350. The first-order valence-electron chi connectivity index (χ1n) is 9.86. The number of anilines is 3. The van der Waals surface area contributed by atoms with Crippen molar-refractivity contribution in [3.63, 3.8) is 0 Å². The first kappa shape index (κ1) is 20.7. The number of fused-ring (bicyclic) bond motifs is 1. The minimum atomic E-state index is -0.478. The first-order valence-corrected chi connectivity index (χ1v) is 10.6. The normalized spacial score (nSPS) is 14.6. The summed E-state index contributed by atoms with van der Waals surface area (Å²) in [4.78, 5) is 16.7. The molecule has 0 unspecified atom stereocenters. The van der Waals surface area contributed by atoms with Gasteiger partial charge in [0.05, 0.1) is 23.6 Å². The van der Waals surface area contributed by atoms with Gasteiger partial charge >= 0.3 is 0 Å². The van der Waals surface area contributed by atoms with E-state index < -0.39 is 11.9 Å². The van der Waals surface area contributed by atoms with Gasteiger partial charge in [0.2, 0.25) is 5.95 Å². The van der Waals surface area contributed by atoms with Gasteiger partial charge in [-0.25, -0.2) is 13.9 Å². The molecule has 0 saturated heterocycles. The second-order valence-electron chi connectivity index (χ2n) is 7.67. The summed E-state index contributed by atoms with van der Waals surface area (Å²) in [6.45, 7) is 1.87. The fraction of sp³-hybridized carbons (Fsp3) is 0.250. The van der Waals surface area contributed by atoms with Crippen LogP contribution in [-0.4, -0.2) is 29.5 Å². The fourth-order valence-electron chi connectivity index (χ4n) is 3.54. The number of hydrogen-bond acceptors (Lipinski definition) is 8. The Hall–Kier alpha value is -3.24. The minimum absolute atomic E-state index is 0.0161. The molecule has 5 N–H and O–H groups in total. The van der Waals surface area contributed by atoms with Crippen LogP contribution < -0.4 is 16.8 Å². The first-order chi connectivity index (χ1) is 15.3. The summed E-state index contributed by atoms with van der Waals surface area (Å²) in [5.74, 6) is 0.175. The largest absolute Gasteiger partial charge is 0.382 e. The topological polar surface area (TPSA) is 133 Å². The summed E-state index contributed by atoms with van der Waals surface area (Å²) < 4.78 is 15.6. The van der Waals surface area contributed by atoms with Gasteiger partial charge in [-0.1, -0.05) is 23.2 Å². The van der Waals surface area contributed by atoms with Gasteiger partial charge < -0.3 is 16.8 Å². The predicted octanol–water partition coefficient (Wildman–Crippen LogP) is 4.24. The fourth-order valence-corrected chi connectivity index (χ4v) is 4.00. The lowest BCUT2D eigenvalue weighted by Gasteiger charge is -2.19.